The molecule has 0 bridgehead atoms. The van der Waals surface area contributed by atoms with E-state index >= 15 is 0 Å². The number of rotatable bonds is 4. The Hall–Kier alpha value is -2.52. The van der Waals surface area contributed by atoms with Crippen molar-refractivity contribution in [2.75, 3.05) is 66.9 Å². The van der Waals surface area contributed by atoms with Gasteiger partial charge in [-0.25, -0.2) is 9.29 Å². The summed E-state index contributed by atoms with van der Waals surface area (Å²) in [6.45, 7) is 6.49. The SMILES string of the molecule is COc1ccc(N2CCN(c3ccc(C)c(N4CCN(C)CC4)n3)S2(=O)=O)cc1. The van der Waals surface area contributed by atoms with Crippen LogP contribution in [0.25, 0.3) is 0 Å². The summed E-state index contributed by atoms with van der Waals surface area (Å²) in [5.74, 6) is 2.04. The predicted octanol–water partition coefficient (Wildman–Crippen LogP) is 1.72. The lowest BCUT2D eigenvalue weighted by molar-refractivity contribution is 0.312. The molecule has 2 aliphatic heterocycles. The highest BCUT2D eigenvalue weighted by Gasteiger charge is 2.38. The number of benzene rings is 1. The second kappa shape index (κ2) is 7.72. The van der Waals surface area contributed by atoms with E-state index in [9.17, 15) is 8.42 Å². The topological polar surface area (TPSA) is 69.2 Å². The van der Waals surface area contributed by atoms with Gasteiger partial charge in [0.05, 0.1) is 25.9 Å². The minimum Gasteiger partial charge on any atom is -0.497 e. The number of nitrogens with zero attached hydrogens (tertiary/aromatic N) is 5. The number of ether oxygens (including phenoxy) is 1. The second-order valence-corrected chi connectivity index (χ2v) is 9.23. The van der Waals surface area contributed by atoms with E-state index in [0.717, 1.165) is 37.6 Å². The van der Waals surface area contributed by atoms with E-state index in [1.165, 1.54) is 8.61 Å². The monoisotopic (exact) mass is 417 g/mol. The maximum atomic E-state index is 13.2. The largest absolute Gasteiger partial charge is 0.497 e. The minimum atomic E-state index is -3.69. The van der Waals surface area contributed by atoms with Gasteiger partial charge >= 0.3 is 10.2 Å². The molecule has 2 saturated heterocycles. The van der Waals surface area contributed by atoms with Crippen LogP contribution in [0.15, 0.2) is 36.4 Å². The lowest BCUT2D eigenvalue weighted by atomic mass is 10.2. The molecule has 1 aromatic heterocycles. The Morgan fingerprint density at radius 2 is 1.55 bits per heavy atom. The highest BCUT2D eigenvalue weighted by atomic mass is 32.2. The van der Waals surface area contributed by atoms with Crippen molar-refractivity contribution >= 4 is 27.5 Å². The normalized spacial score (nSPS) is 19.6. The maximum Gasteiger partial charge on any atom is 0.327 e. The zero-order valence-corrected chi connectivity index (χ0v) is 17.9. The van der Waals surface area contributed by atoms with Crippen LogP contribution in [-0.2, 0) is 10.2 Å². The van der Waals surface area contributed by atoms with Gasteiger partial charge in [-0.15, -0.1) is 0 Å². The molecular formula is C20H27N5O3S. The molecule has 29 heavy (non-hydrogen) atoms. The van der Waals surface area contributed by atoms with E-state index in [1.807, 2.05) is 13.0 Å². The van der Waals surface area contributed by atoms with E-state index in [2.05, 4.69) is 16.8 Å². The fourth-order valence-electron chi connectivity index (χ4n) is 3.76. The Morgan fingerprint density at radius 1 is 0.897 bits per heavy atom. The van der Waals surface area contributed by atoms with E-state index in [-0.39, 0.29) is 0 Å². The molecule has 0 unspecified atom stereocenters. The molecule has 0 aliphatic carbocycles. The zero-order valence-electron chi connectivity index (χ0n) is 17.1. The smallest absolute Gasteiger partial charge is 0.327 e. The zero-order chi connectivity index (χ0) is 20.6. The third kappa shape index (κ3) is 3.72. The summed E-state index contributed by atoms with van der Waals surface area (Å²) in [6.07, 6.45) is 0. The lowest BCUT2D eigenvalue weighted by Gasteiger charge is -2.34. The summed E-state index contributed by atoms with van der Waals surface area (Å²) in [6, 6.07) is 10.8. The van der Waals surface area contributed by atoms with Crippen molar-refractivity contribution in [3.8, 4) is 5.75 Å². The van der Waals surface area contributed by atoms with Crippen LogP contribution in [0.5, 0.6) is 5.75 Å². The summed E-state index contributed by atoms with van der Waals surface area (Å²) in [4.78, 5) is 9.29. The Kier molecular flexibility index (Phi) is 5.26. The average molecular weight is 418 g/mol. The van der Waals surface area contributed by atoms with Gasteiger partial charge in [0.25, 0.3) is 0 Å². The first-order valence-electron chi connectivity index (χ1n) is 9.76. The van der Waals surface area contributed by atoms with Crippen molar-refractivity contribution in [1.29, 1.82) is 0 Å². The number of pyridine rings is 1. The number of aromatic nitrogens is 1. The number of aryl methyl sites for hydroxylation is 1. The molecule has 0 radical (unpaired) electrons. The Balaban J connectivity index is 1.61. The first-order valence-corrected chi connectivity index (χ1v) is 11.2. The molecule has 0 N–H and O–H groups in total. The van der Waals surface area contributed by atoms with Crippen LogP contribution >= 0.6 is 0 Å². The van der Waals surface area contributed by atoms with E-state index < -0.39 is 10.2 Å². The first-order chi connectivity index (χ1) is 13.9. The molecule has 8 nitrogen and oxygen atoms in total. The Morgan fingerprint density at radius 3 is 2.21 bits per heavy atom. The summed E-state index contributed by atoms with van der Waals surface area (Å²) in [5, 5.41) is 0. The molecule has 156 valence electrons. The van der Waals surface area contributed by atoms with Crippen LogP contribution in [0.2, 0.25) is 0 Å². The van der Waals surface area contributed by atoms with Crippen LogP contribution in [0.4, 0.5) is 17.3 Å². The average Bonchev–Trinajstić information content (AvgIpc) is 3.04. The number of piperazine rings is 1. The lowest BCUT2D eigenvalue weighted by Crippen LogP contribution is -2.45. The van der Waals surface area contributed by atoms with Crippen LogP contribution in [0, 0.1) is 6.92 Å². The van der Waals surface area contributed by atoms with Crippen molar-refractivity contribution in [1.82, 2.24) is 9.88 Å². The number of hydrogen-bond donors (Lipinski definition) is 0. The Labute approximate surface area is 172 Å². The number of anilines is 3. The third-order valence-corrected chi connectivity index (χ3v) is 7.41. The molecule has 0 amide bonds. The van der Waals surface area contributed by atoms with E-state index in [1.54, 1.807) is 37.4 Å². The first kappa shape index (κ1) is 19.8. The number of hydrogen-bond acceptors (Lipinski definition) is 6. The van der Waals surface area contributed by atoms with Crippen LogP contribution in [0.3, 0.4) is 0 Å². The van der Waals surface area contributed by atoms with Gasteiger partial charge in [-0.2, -0.15) is 8.42 Å². The molecule has 4 rings (SSSR count). The van der Waals surface area contributed by atoms with E-state index in [0.29, 0.717) is 30.3 Å². The van der Waals surface area contributed by atoms with Gasteiger partial charge < -0.3 is 14.5 Å². The van der Waals surface area contributed by atoms with Crippen molar-refractivity contribution in [3.63, 3.8) is 0 Å². The summed E-state index contributed by atoms with van der Waals surface area (Å²) >= 11 is 0. The molecule has 2 aliphatic rings. The van der Waals surface area contributed by atoms with Gasteiger partial charge in [-0.1, -0.05) is 6.07 Å². The predicted molar refractivity (Wildman–Crippen MR) is 115 cm³/mol. The van der Waals surface area contributed by atoms with Gasteiger partial charge in [-0.05, 0) is 49.9 Å². The molecular weight excluding hydrogens is 390 g/mol. The molecule has 2 fully saturated rings. The summed E-state index contributed by atoms with van der Waals surface area (Å²) in [5.41, 5.74) is 1.68. The number of likely N-dealkylation sites (N-methyl/N-ethyl adjacent to an activating group) is 1. The molecule has 1 aromatic carbocycles. The standard InChI is InChI=1S/C20H27N5O3S/c1-16-4-9-19(21-20(16)23-12-10-22(2)11-13-23)25-15-14-24(29(25,26)27)17-5-7-18(28-3)8-6-17/h4-9H,10-15H2,1-3H3. The molecule has 0 saturated carbocycles. The molecule has 3 heterocycles. The van der Waals surface area contributed by atoms with Crippen LogP contribution in [0.1, 0.15) is 5.56 Å². The quantitative estimate of drug-likeness (QED) is 0.755. The minimum absolute atomic E-state index is 0.368. The van der Waals surface area contributed by atoms with Crippen LogP contribution < -0.4 is 18.2 Å². The third-order valence-electron chi connectivity index (χ3n) is 5.54. The Bertz CT molecular complexity index is 972. The van der Waals surface area contributed by atoms with Crippen molar-refractivity contribution in [3.05, 3.63) is 42.0 Å². The highest BCUT2D eigenvalue weighted by Crippen LogP contribution is 2.31. The van der Waals surface area contributed by atoms with Crippen LogP contribution in [-0.4, -0.2) is 71.7 Å². The van der Waals surface area contributed by atoms with Gasteiger partial charge in [0.15, 0.2) is 0 Å². The molecule has 0 spiro atoms. The fraction of sp³-hybridized carbons (Fsp3) is 0.450. The van der Waals surface area contributed by atoms with Gasteiger partial charge in [-0.3, -0.25) is 4.31 Å². The second-order valence-electron chi connectivity index (χ2n) is 7.45. The van der Waals surface area contributed by atoms with Gasteiger partial charge in [0.1, 0.15) is 17.4 Å². The molecule has 9 heteroatoms. The maximum absolute atomic E-state index is 13.2. The fourth-order valence-corrected chi connectivity index (χ4v) is 5.35. The van der Waals surface area contributed by atoms with Gasteiger partial charge in [0, 0.05) is 26.2 Å². The van der Waals surface area contributed by atoms with Crippen molar-refractivity contribution in [2.45, 2.75) is 6.92 Å². The molecule has 0 atom stereocenters. The van der Waals surface area contributed by atoms with Gasteiger partial charge in [0.2, 0.25) is 0 Å². The summed E-state index contributed by atoms with van der Waals surface area (Å²) < 4.78 is 34.4. The van der Waals surface area contributed by atoms with Crippen molar-refractivity contribution in [2.24, 2.45) is 0 Å². The van der Waals surface area contributed by atoms with E-state index in [4.69, 9.17) is 9.72 Å². The molecule has 2 aromatic rings. The summed E-state index contributed by atoms with van der Waals surface area (Å²) in [7, 11) is 0.0113. The number of methoxy groups -OCH3 is 1. The van der Waals surface area contributed by atoms with Crippen molar-refractivity contribution < 1.29 is 13.2 Å². The highest BCUT2D eigenvalue weighted by molar-refractivity contribution is 7.94.